The van der Waals surface area contributed by atoms with Gasteiger partial charge in [0.25, 0.3) is 0 Å². The minimum Gasteiger partial charge on any atom is -0.313 e. The number of likely N-dealkylation sites (N-methyl/N-ethyl adjacent to an activating group) is 1. The number of hydrogen-bond donors (Lipinski definition) is 1. The Hall–Kier alpha value is -0.540. The Morgan fingerprint density at radius 3 is 3.00 bits per heavy atom. The van der Waals surface area contributed by atoms with Crippen LogP contribution in [0.3, 0.4) is 0 Å². The van der Waals surface area contributed by atoms with Crippen molar-refractivity contribution in [1.29, 1.82) is 0 Å². The van der Waals surface area contributed by atoms with Crippen LogP contribution >= 0.6 is 11.8 Å². The van der Waals surface area contributed by atoms with Crippen molar-refractivity contribution < 1.29 is 4.39 Å². The molecule has 1 fully saturated rings. The third kappa shape index (κ3) is 3.48. The van der Waals surface area contributed by atoms with Gasteiger partial charge in [0.15, 0.2) is 0 Å². The number of halogens is 1. The van der Waals surface area contributed by atoms with Gasteiger partial charge in [-0.15, -0.1) is 0 Å². The minimum atomic E-state index is -0.120. The highest BCUT2D eigenvalue weighted by molar-refractivity contribution is 8.00. The van der Waals surface area contributed by atoms with Gasteiger partial charge in [0.05, 0.1) is 0 Å². The van der Waals surface area contributed by atoms with E-state index in [1.807, 2.05) is 6.07 Å². The highest BCUT2D eigenvalue weighted by Gasteiger charge is 2.25. The zero-order valence-electron chi connectivity index (χ0n) is 11.2. The quantitative estimate of drug-likeness (QED) is 0.875. The molecule has 1 N–H and O–H groups in total. The molecular formula is C15H22FNS. The van der Waals surface area contributed by atoms with Gasteiger partial charge < -0.3 is 5.32 Å². The summed E-state index contributed by atoms with van der Waals surface area (Å²) < 4.78 is 13.3. The van der Waals surface area contributed by atoms with Crippen molar-refractivity contribution in [3.63, 3.8) is 0 Å². The molecule has 3 heteroatoms. The fraction of sp³-hybridized carbons (Fsp3) is 0.600. The van der Waals surface area contributed by atoms with Gasteiger partial charge in [0, 0.05) is 11.3 Å². The van der Waals surface area contributed by atoms with Gasteiger partial charge in [-0.1, -0.05) is 13.0 Å². The minimum absolute atomic E-state index is 0.120. The molecule has 1 aliphatic rings. The van der Waals surface area contributed by atoms with E-state index in [1.165, 1.54) is 24.2 Å². The lowest BCUT2D eigenvalue weighted by molar-refractivity contribution is 0.493. The number of rotatable bonds is 5. The van der Waals surface area contributed by atoms with E-state index in [4.69, 9.17) is 0 Å². The normalized spacial score (nSPS) is 21.2. The Labute approximate surface area is 114 Å². The molecule has 100 valence electrons. The van der Waals surface area contributed by atoms with Gasteiger partial charge in [0.1, 0.15) is 5.82 Å². The Morgan fingerprint density at radius 1 is 1.50 bits per heavy atom. The van der Waals surface area contributed by atoms with Gasteiger partial charge in [-0.05, 0) is 61.7 Å². The van der Waals surface area contributed by atoms with Crippen LogP contribution in [0.5, 0.6) is 0 Å². The Bertz CT molecular complexity index is 388. The molecule has 1 saturated heterocycles. The van der Waals surface area contributed by atoms with Gasteiger partial charge in [-0.2, -0.15) is 11.8 Å². The fourth-order valence-electron chi connectivity index (χ4n) is 2.61. The van der Waals surface area contributed by atoms with E-state index in [0.29, 0.717) is 11.3 Å². The standard InChI is InChI=1S/C15H22FNS/c1-3-17-14(15-5-4-8-18-15)10-12-9-13(16)7-6-11(12)2/h6-7,9,14-15,17H,3-5,8,10H2,1-2H3. The summed E-state index contributed by atoms with van der Waals surface area (Å²) in [7, 11) is 0. The number of nitrogens with one attached hydrogen (secondary N) is 1. The van der Waals surface area contributed by atoms with Crippen LogP contribution in [0.1, 0.15) is 30.9 Å². The van der Waals surface area contributed by atoms with Crippen molar-refractivity contribution >= 4 is 11.8 Å². The van der Waals surface area contributed by atoms with Crippen LogP contribution in [0, 0.1) is 12.7 Å². The van der Waals surface area contributed by atoms with Crippen LogP contribution in [0.2, 0.25) is 0 Å². The number of hydrogen-bond acceptors (Lipinski definition) is 2. The lowest BCUT2D eigenvalue weighted by atomic mass is 9.97. The SMILES string of the molecule is CCNC(Cc1cc(F)ccc1C)C1CCCS1. The van der Waals surface area contributed by atoms with Crippen LogP contribution in [0.4, 0.5) is 4.39 Å². The van der Waals surface area contributed by atoms with Crippen molar-refractivity contribution in [1.82, 2.24) is 5.32 Å². The van der Waals surface area contributed by atoms with E-state index >= 15 is 0 Å². The molecule has 1 aromatic carbocycles. The van der Waals surface area contributed by atoms with Crippen molar-refractivity contribution in [2.45, 2.75) is 44.4 Å². The van der Waals surface area contributed by atoms with Crippen LogP contribution in [0.25, 0.3) is 0 Å². The third-order valence-corrected chi connectivity index (χ3v) is 5.15. The van der Waals surface area contributed by atoms with E-state index in [9.17, 15) is 4.39 Å². The van der Waals surface area contributed by atoms with Crippen molar-refractivity contribution in [2.75, 3.05) is 12.3 Å². The average molecular weight is 267 g/mol. The first kappa shape index (κ1) is 13.9. The summed E-state index contributed by atoms with van der Waals surface area (Å²) in [6.07, 6.45) is 3.55. The molecule has 0 spiro atoms. The number of benzene rings is 1. The predicted octanol–water partition coefficient (Wildman–Crippen LogP) is 3.55. The van der Waals surface area contributed by atoms with E-state index in [1.54, 1.807) is 12.1 Å². The zero-order valence-corrected chi connectivity index (χ0v) is 12.0. The fourth-order valence-corrected chi connectivity index (χ4v) is 4.01. The maximum atomic E-state index is 13.3. The first-order valence-corrected chi connectivity index (χ1v) is 7.85. The zero-order chi connectivity index (χ0) is 13.0. The van der Waals surface area contributed by atoms with Crippen molar-refractivity contribution in [3.05, 3.63) is 35.1 Å². The van der Waals surface area contributed by atoms with Crippen LogP contribution < -0.4 is 5.32 Å². The molecule has 0 bridgehead atoms. The first-order valence-electron chi connectivity index (χ1n) is 6.80. The molecule has 0 radical (unpaired) electrons. The molecular weight excluding hydrogens is 245 g/mol. The Balaban J connectivity index is 2.09. The number of aryl methyl sites for hydroxylation is 1. The second-order valence-electron chi connectivity index (χ2n) is 4.99. The summed E-state index contributed by atoms with van der Waals surface area (Å²) in [6, 6.07) is 5.60. The molecule has 2 rings (SSSR count). The molecule has 1 nitrogen and oxygen atoms in total. The van der Waals surface area contributed by atoms with Crippen molar-refractivity contribution in [3.8, 4) is 0 Å². The molecule has 0 amide bonds. The molecule has 2 unspecified atom stereocenters. The van der Waals surface area contributed by atoms with Gasteiger partial charge in [0.2, 0.25) is 0 Å². The molecule has 1 aromatic rings. The summed E-state index contributed by atoms with van der Waals surface area (Å²) in [5.74, 6) is 1.15. The second-order valence-corrected chi connectivity index (χ2v) is 6.34. The maximum Gasteiger partial charge on any atom is 0.123 e. The highest BCUT2D eigenvalue weighted by atomic mass is 32.2. The largest absolute Gasteiger partial charge is 0.313 e. The van der Waals surface area contributed by atoms with Crippen LogP contribution in [0.15, 0.2) is 18.2 Å². The highest BCUT2D eigenvalue weighted by Crippen LogP contribution is 2.30. The van der Waals surface area contributed by atoms with Crippen LogP contribution in [-0.2, 0) is 6.42 Å². The van der Waals surface area contributed by atoms with E-state index in [2.05, 4.69) is 30.9 Å². The lowest BCUT2D eigenvalue weighted by Crippen LogP contribution is -2.39. The topological polar surface area (TPSA) is 12.0 Å². The Morgan fingerprint density at radius 2 is 2.33 bits per heavy atom. The Kier molecular flexibility index (Phi) is 5.07. The first-order chi connectivity index (χ1) is 8.70. The summed E-state index contributed by atoms with van der Waals surface area (Å²) in [4.78, 5) is 0. The second kappa shape index (κ2) is 6.58. The monoisotopic (exact) mass is 267 g/mol. The van der Waals surface area contributed by atoms with Crippen LogP contribution in [-0.4, -0.2) is 23.6 Å². The lowest BCUT2D eigenvalue weighted by Gasteiger charge is -2.24. The molecule has 1 aliphatic heterocycles. The molecule has 2 atom stereocenters. The summed E-state index contributed by atoms with van der Waals surface area (Å²) in [5, 5.41) is 4.26. The molecule has 0 aromatic heterocycles. The number of thioether (sulfide) groups is 1. The summed E-state index contributed by atoms with van der Waals surface area (Å²) in [5.41, 5.74) is 2.34. The summed E-state index contributed by atoms with van der Waals surface area (Å²) in [6.45, 7) is 5.20. The maximum absolute atomic E-state index is 13.3. The van der Waals surface area contributed by atoms with Gasteiger partial charge in [-0.25, -0.2) is 4.39 Å². The summed E-state index contributed by atoms with van der Waals surface area (Å²) >= 11 is 2.06. The average Bonchev–Trinajstić information content (AvgIpc) is 2.87. The molecule has 18 heavy (non-hydrogen) atoms. The van der Waals surface area contributed by atoms with Gasteiger partial charge >= 0.3 is 0 Å². The van der Waals surface area contributed by atoms with Crippen molar-refractivity contribution in [2.24, 2.45) is 0 Å². The van der Waals surface area contributed by atoms with E-state index in [-0.39, 0.29) is 5.82 Å². The third-order valence-electron chi connectivity index (χ3n) is 3.63. The molecule has 1 heterocycles. The van der Waals surface area contributed by atoms with E-state index in [0.717, 1.165) is 18.5 Å². The van der Waals surface area contributed by atoms with E-state index < -0.39 is 0 Å². The van der Waals surface area contributed by atoms with Gasteiger partial charge in [-0.3, -0.25) is 0 Å². The predicted molar refractivity (Wildman–Crippen MR) is 77.8 cm³/mol. The molecule has 0 saturated carbocycles. The smallest absolute Gasteiger partial charge is 0.123 e. The molecule has 0 aliphatic carbocycles.